The molecule has 0 N–H and O–H groups in total. The number of amides is 2. The fourth-order valence-corrected chi connectivity index (χ4v) is 11.6. The molecule has 3 aliphatic rings. The monoisotopic (exact) mass is 554 g/mol. The molecular weight excluding hydrogens is 518 g/mol. The number of hydrogen-bond donors (Lipinski definition) is 0. The Hall–Kier alpha value is -2.01. The van der Waals surface area contributed by atoms with E-state index >= 15 is 0 Å². The van der Waals surface area contributed by atoms with Crippen molar-refractivity contribution in [2.45, 2.75) is 88.0 Å². The molecule has 2 fully saturated rings. The molecule has 0 bridgehead atoms. The highest BCUT2D eigenvalue weighted by atomic mass is 32.1. The molecule has 0 aliphatic carbocycles. The molecule has 3 heterocycles. The molecule has 0 saturated carbocycles. The predicted octanol–water partition coefficient (Wildman–Crippen LogP) is 4.97. The SMILES string of the molecule is CC(C)(C)[Si]1(C(C)(C)C)OC[C@H]2O[C@@H]([S-])[C@H](N3C(=O)c4ccccc4C3=O)[C@@H](OCc3ccccc3)[C@H]2O1. The van der Waals surface area contributed by atoms with E-state index in [0.717, 1.165) is 5.56 Å². The largest absolute Gasteiger partial charge is 0.759 e. The minimum absolute atomic E-state index is 0.268. The summed E-state index contributed by atoms with van der Waals surface area (Å²) in [5.41, 5.74) is 0.818. The highest BCUT2D eigenvalue weighted by molar-refractivity contribution is 7.59. The Kier molecular flexibility index (Phi) is 7.16. The average molecular weight is 555 g/mol. The number of carbonyl (C=O) groups is 2. The van der Waals surface area contributed by atoms with E-state index in [-0.39, 0.29) is 28.5 Å². The van der Waals surface area contributed by atoms with Gasteiger partial charge in [-0.3, -0.25) is 14.5 Å². The van der Waals surface area contributed by atoms with Gasteiger partial charge in [0.1, 0.15) is 18.3 Å². The van der Waals surface area contributed by atoms with Gasteiger partial charge in [0.05, 0.1) is 30.4 Å². The van der Waals surface area contributed by atoms with Crippen molar-refractivity contribution in [3.63, 3.8) is 0 Å². The van der Waals surface area contributed by atoms with Crippen molar-refractivity contribution < 1.29 is 27.9 Å². The van der Waals surface area contributed by atoms with E-state index in [4.69, 9.17) is 31.0 Å². The topological polar surface area (TPSA) is 74.3 Å². The number of carbonyl (C=O) groups excluding carboxylic acids is 2. The second-order valence-corrected chi connectivity index (χ2v) is 17.6. The Labute approximate surface area is 231 Å². The fraction of sp³-hybridized carbons (Fsp3) is 0.517. The molecule has 5 rings (SSSR count). The van der Waals surface area contributed by atoms with Gasteiger partial charge in [0, 0.05) is 10.1 Å². The van der Waals surface area contributed by atoms with Crippen molar-refractivity contribution in [2.75, 3.05) is 6.61 Å². The van der Waals surface area contributed by atoms with E-state index in [1.165, 1.54) is 4.90 Å². The molecule has 0 spiro atoms. The Bertz CT molecular complexity index is 1160. The van der Waals surface area contributed by atoms with E-state index < -0.39 is 38.4 Å². The van der Waals surface area contributed by atoms with Crippen LogP contribution in [-0.2, 0) is 37.6 Å². The van der Waals surface area contributed by atoms with E-state index in [9.17, 15) is 9.59 Å². The van der Waals surface area contributed by atoms with Crippen LogP contribution in [0.4, 0.5) is 0 Å². The van der Waals surface area contributed by atoms with Crippen LogP contribution in [0.5, 0.6) is 0 Å². The second-order valence-electron chi connectivity index (χ2n) is 12.3. The van der Waals surface area contributed by atoms with Crippen LogP contribution < -0.4 is 0 Å². The lowest BCUT2D eigenvalue weighted by Crippen LogP contribution is -2.73. The maximum atomic E-state index is 13.6. The zero-order valence-electron chi connectivity index (χ0n) is 22.8. The summed E-state index contributed by atoms with van der Waals surface area (Å²) in [6, 6.07) is 15.8. The molecule has 0 aromatic heterocycles. The van der Waals surface area contributed by atoms with Crippen LogP contribution in [0.25, 0.3) is 0 Å². The van der Waals surface area contributed by atoms with Crippen LogP contribution in [0.1, 0.15) is 67.8 Å². The Morgan fingerprint density at radius 3 is 2.03 bits per heavy atom. The molecule has 2 saturated heterocycles. The van der Waals surface area contributed by atoms with Crippen molar-refractivity contribution in [3.8, 4) is 0 Å². The third-order valence-corrected chi connectivity index (χ3v) is 13.3. The molecular formula is C29H36NO6SSi-. The molecule has 2 aromatic rings. The van der Waals surface area contributed by atoms with E-state index in [2.05, 4.69) is 41.5 Å². The van der Waals surface area contributed by atoms with Gasteiger partial charge in [-0.15, -0.1) is 0 Å². The van der Waals surface area contributed by atoms with Crippen molar-refractivity contribution in [2.24, 2.45) is 0 Å². The van der Waals surface area contributed by atoms with Crippen LogP contribution in [0.3, 0.4) is 0 Å². The van der Waals surface area contributed by atoms with Crippen LogP contribution >= 0.6 is 0 Å². The van der Waals surface area contributed by atoms with Gasteiger partial charge in [0.15, 0.2) is 0 Å². The summed E-state index contributed by atoms with van der Waals surface area (Å²) in [5, 5.41) is -0.536. The lowest BCUT2D eigenvalue weighted by molar-refractivity contribution is -0.218. The van der Waals surface area contributed by atoms with Gasteiger partial charge in [-0.1, -0.05) is 84.0 Å². The Balaban J connectivity index is 1.56. The summed E-state index contributed by atoms with van der Waals surface area (Å²) in [6.07, 6.45) is -1.74. The summed E-state index contributed by atoms with van der Waals surface area (Å²) >= 11 is 5.80. The Morgan fingerprint density at radius 2 is 1.47 bits per heavy atom. The van der Waals surface area contributed by atoms with Gasteiger partial charge in [-0.05, 0) is 23.1 Å². The third-order valence-electron chi connectivity index (χ3n) is 7.75. The molecule has 38 heavy (non-hydrogen) atoms. The summed E-state index contributed by atoms with van der Waals surface area (Å²) in [7, 11) is -2.92. The molecule has 0 unspecified atom stereocenters. The van der Waals surface area contributed by atoms with E-state index in [0.29, 0.717) is 17.7 Å². The van der Waals surface area contributed by atoms with Crippen molar-refractivity contribution in [3.05, 3.63) is 71.3 Å². The number of fused-ring (bicyclic) bond motifs is 2. The van der Waals surface area contributed by atoms with Crippen LogP contribution in [0.15, 0.2) is 54.6 Å². The van der Waals surface area contributed by atoms with Gasteiger partial charge < -0.3 is 31.0 Å². The lowest BCUT2D eigenvalue weighted by Gasteiger charge is -2.60. The van der Waals surface area contributed by atoms with Crippen molar-refractivity contribution >= 4 is 33.0 Å². The first-order valence-electron chi connectivity index (χ1n) is 13.1. The third kappa shape index (κ3) is 4.47. The van der Waals surface area contributed by atoms with Gasteiger partial charge in [-0.25, -0.2) is 0 Å². The van der Waals surface area contributed by atoms with E-state index in [1.807, 2.05) is 30.3 Å². The number of ether oxygens (including phenoxy) is 2. The van der Waals surface area contributed by atoms with Crippen LogP contribution in [0, 0.1) is 0 Å². The minimum Gasteiger partial charge on any atom is -0.759 e. The first kappa shape index (κ1) is 27.5. The number of nitrogens with zero attached hydrogens (tertiary/aromatic N) is 1. The second kappa shape index (κ2) is 9.87. The quantitative estimate of drug-likeness (QED) is 0.300. The van der Waals surface area contributed by atoms with Gasteiger partial charge in [-0.2, -0.15) is 0 Å². The Morgan fingerprint density at radius 1 is 0.921 bits per heavy atom. The van der Waals surface area contributed by atoms with Crippen molar-refractivity contribution in [1.29, 1.82) is 0 Å². The summed E-state index contributed by atoms with van der Waals surface area (Å²) < 4.78 is 26.6. The molecule has 7 nitrogen and oxygen atoms in total. The van der Waals surface area contributed by atoms with Gasteiger partial charge in [0.2, 0.25) is 0 Å². The summed E-state index contributed by atoms with van der Waals surface area (Å²) in [4.78, 5) is 28.4. The number of hydrogen-bond acceptors (Lipinski definition) is 7. The summed E-state index contributed by atoms with van der Waals surface area (Å²) in [6.45, 7) is 13.5. The zero-order chi connectivity index (χ0) is 27.5. The highest BCUT2D eigenvalue weighted by Crippen LogP contribution is 2.55. The molecule has 0 radical (unpaired) electrons. The smallest absolute Gasteiger partial charge is 0.349 e. The first-order chi connectivity index (χ1) is 17.9. The van der Waals surface area contributed by atoms with E-state index in [1.54, 1.807) is 24.3 Å². The van der Waals surface area contributed by atoms with Gasteiger partial charge in [0.25, 0.3) is 11.8 Å². The lowest BCUT2D eigenvalue weighted by atomic mass is 9.96. The number of rotatable bonds is 4. The normalized spacial score (nSPS) is 29.2. The molecule has 204 valence electrons. The summed E-state index contributed by atoms with van der Waals surface area (Å²) in [5.74, 6) is -0.772. The molecule has 2 aromatic carbocycles. The molecule has 9 heteroatoms. The molecule has 2 amide bonds. The number of benzene rings is 2. The molecule has 3 aliphatic heterocycles. The zero-order valence-corrected chi connectivity index (χ0v) is 24.6. The van der Waals surface area contributed by atoms with Crippen molar-refractivity contribution in [1.82, 2.24) is 4.90 Å². The minimum atomic E-state index is -2.92. The fourth-order valence-electron chi connectivity index (χ4n) is 6.21. The first-order valence-corrected chi connectivity index (χ1v) is 15.4. The standard InChI is InChI=1S/C29H37NO6SSi/c1-28(2,3)38(29(4,5)6)34-17-21-23(36-38)24(33-16-18-12-8-7-9-13-18)22(27(37)35-21)30-25(31)19-14-10-11-15-20(19)26(30)32/h7-15,21-24,27,37H,16-17H2,1-6H3/p-1/t21-,22-,23+,24-,27+/m1/s1. The maximum Gasteiger partial charge on any atom is 0.349 e. The number of imide groups is 1. The predicted molar refractivity (Wildman–Crippen MR) is 148 cm³/mol. The average Bonchev–Trinajstić information content (AvgIpc) is 3.11. The molecule has 5 atom stereocenters. The van der Waals surface area contributed by atoms with Gasteiger partial charge >= 0.3 is 8.56 Å². The maximum absolute atomic E-state index is 13.6. The highest BCUT2D eigenvalue weighted by Gasteiger charge is 2.65. The van der Waals surface area contributed by atoms with Crippen LogP contribution in [-0.4, -0.2) is 61.7 Å². The van der Waals surface area contributed by atoms with Crippen LogP contribution in [0.2, 0.25) is 10.1 Å².